The molecule has 0 spiro atoms. The van der Waals surface area contributed by atoms with Gasteiger partial charge in [-0.3, -0.25) is 4.94 Å². The summed E-state index contributed by atoms with van der Waals surface area (Å²) in [6.45, 7) is 9.26. The van der Waals surface area contributed by atoms with Crippen molar-refractivity contribution in [2.45, 2.75) is 6.92 Å². The van der Waals surface area contributed by atoms with Crippen LogP contribution in [0.3, 0.4) is 0 Å². The third-order valence-electron chi connectivity index (χ3n) is 1.97. The van der Waals surface area contributed by atoms with E-state index in [4.69, 9.17) is 10.00 Å². The number of carbonyl (C=O) groups is 1. The standard InChI is InChI=1S/C7H11N3O3.C5H10NO.F6P/c1-4-12-7(11)6(5-8)9-13-10(2)3;1-6-2-4-7-5-3-6;1-7(2,3,4,5)6/h4H2,1-3H3;1-5H2;/q;+1;-1. The number of halogens is 6. The van der Waals surface area contributed by atoms with E-state index in [0.29, 0.717) is 0 Å². The summed E-state index contributed by atoms with van der Waals surface area (Å²) < 4.78 is 70.8. The number of hydrogen-bond donors (Lipinski definition) is 0. The van der Waals surface area contributed by atoms with Gasteiger partial charge in [0.2, 0.25) is 0 Å². The molecule has 0 radical (unpaired) electrons. The molecule has 1 saturated heterocycles. The summed E-state index contributed by atoms with van der Waals surface area (Å²) in [5, 5.41) is 13.0. The van der Waals surface area contributed by atoms with Crippen LogP contribution in [0.15, 0.2) is 5.16 Å². The van der Waals surface area contributed by atoms with Gasteiger partial charge in [-0.25, -0.2) is 9.37 Å². The molecule has 160 valence electrons. The zero-order chi connectivity index (χ0) is 21.8. The topological polar surface area (TPSA) is 87.2 Å². The minimum atomic E-state index is -10.7. The van der Waals surface area contributed by atoms with Crippen LogP contribution in [-0.4, -0.2) is 75.0 Å². The third-order valence-corrected chi connectivity index (χ3v) is 1.97. The van der Waals surface area contributed by atoms with Crippen LogP contribution in [0.25, 0.3) is 0 Å². The van der Waals surface area contributed by atoms with Crippen LogP contribution in [0.2, 0.25) is 0 Å². The van der Waals surface area contributed by atoms with Gasteiger partial charge < -0.3 is 9.47 Å². The molecule has 0 atom stereocenters. The van der Waals surface area contributed by atoms with E-state index in [1.807, 2.05) is 4.58 Å². The number of oxime groups is 1. The van der Waals surface area contributed by atoms with Crippen LogP contribution in [0.4, 0.5) is 25.2 Å². The average Bonchev–Trinajstić information content (AvgIpc) is 2.46. The van der Waals surface area contributed by atoms with Crippen LogP contribution in [0.1, 0.15) is 6.92 Å². The first-order valence-corrected chi connectivity index (χ1v) is 9.18. The molecule has 0 aromatic rings. The number of nitrogens with zero attached hydrogens (tertiary/aromatic N) is 4. The Morgan fingerprint density at radius 2 is 1.70 bits per heavy atom. The van der Waals surface area contributed by atoms with E-state index < -0.39 is 19.5 Å². The molecule has 0 aromatic heterocycles. The van der Waals surface area contributed by atoms with Crippen molar-refractivity contribution in [3.63, 3.8) is 0 Å². The fraction of sp³-hybridized carbons (Fsp3) is 0.667. The van der Waals surface area contributed by atoms with Gasteiger partial charge in [-0.15, -0.1) is 5.06 Å². The van der Waals surface area contributed by atoms with Crippen molar-refractivity contribution in [1.29, 1.82) is 5.26 Å². The molecule has 15 heteroatoms. The maximum atomic E-state index is 10.9. The fourth-order valence-electron chi connectivity index (χ4n) is 1.03. The quantitative estimate of drug-likeness (QED) is 0.170. The molecular formula is C12H21F6N4O4P. The van der Waals surface area contributed by atoms with Gasteiger partial charge in [-0.05, 0) is 12.1 Å². The van der Waals surface area contributed by atoms with E-state index in [1.165, 1.54) is 5.06 Å². The fourth-order valence-corrected chi connectivity index (χ4v) is 1.03. The summed E-state index contributed by atoms with van der Waals surface area (Å²) >= 11 is 0. The van der Waals surface area contributed by atoms with Crippen molar-refractivity contribution in [3.05, 3.63) is 0 Å². The number of carbonyl (C=O) groups excluding carboxylic acids is 1. The normalized spacial score (nSPS) is 17.1. The molecule has 0 bridgehead atoms. The first kappa shape index (κ1) is 27.3. The van der Waals surface area contributed by atoms with Gasteiger partial charge >= 0.3 is 39.0 Å². The van der Waals surface area contributed by atoms with Crippen molar-refractivity contribution in [2.75, 3.05) is 47.0 Å². The number of ether oxygens (including phenoxy) is 2. The number of morpholine rings is 1. The molecule has 0 N–H and O–H groups in total. The average molecular weight is 430 g/mol. The second-order valence-electron chi connectivity index (χ2n) is 4.85. The predicted molar refractivity (Wildman–Crippen MR) is 86.0 cm³/mol. The van der Waals surface area contributed by atoms with Crippen LogP contribution < -0.4 is 0 Å². The number of esters is 1. The van der Waals surface area contributed by atoms with Crippen molar-refractivity contribution in [1.82, 2.24) is 5.06 Å². The van der Waals surface area contributed by atoms with Gasteiger partial charge in [-0.1, -0.05) is 0 Å². The molecule has 0 unspecified atom stereocenters. The molecule has 1 aliphatic rings. The van der Waals surface area contributed by atoms with E-state index >= 15 is 0 Å². The van der Waals surface area contributed by atoms with Gasteiger partial charge in [0, 0.05) is 14.1 Å². The van der Waals surface area contributed by atoms with Crippen LogP contribution in [0, 0.1) is 11.3 Å². The van der Waals surface area contributed by atoms with Gasteiger partial charge in [0.05, 0.1) is 6.61 Å². The summed E-state index contributed by atoms with van der Waals surface area (Å²) in [5.41, 5.74) is -0.407. The number of hydroxylamine groups is 2. The molecule has 1 rings (SSSR count). The monoisotopic (exact) mass is 430 g/mol. The van der Waals surface area contributed by atoms with Gasteiger partial charge in [0.1, 0.15) is 26.0 Å². The van der Waals surface area contributed by atoms with Crippen molar-refractivity contribution < 1.29 is 49.0 Å². The number of nitriles is 1. The number of hydrogen-bond acceptors (Lipinski definition) is 7. The molecular weight excluding hydrogens is 409 g/mol. The van der Waals surface area contributed by atoms with Gasteiger partial charge in [0.25, 0.3) is 5.71 Å². The Morgan fingerprint density at radius 3 is 1.96 bits per heavy atom. The zero-order valence-electron chi connectivity index (χ0n) is 14.9. The molecule has 0 aromatic carbocycles. The second-order valence-corrected chi connectivity index (χ2v) is 6.77. The van der Waals surface area contributed by atoms with Crippen LogP contribution in [-0.2, 0) is 19.2 Å². The summed E-state index contributed by atoms with van der Waals surface area (Å²) in [6.07, 6.45) is 0. The SMILES string of the molecule is C=[N+]1CCOCC1.CCOC(=O)C(C#N)=NON(C)C.F[P-](F)(F)(F)(F)F. The van der Waals surface area contributed by atoms with Crippen molar-refractivity contribution >= 4 is 26.2 Å². The molecule has 0 saturated carbocycles. The second kappa shape index (κ2) is 10.4. The Hall–Kier alpha value is -1.97. The number of rotatable bonds is 4. The van der Waals surface area contributed by atoms with E-state index in [0.717, 1.165) is 26.3 Å². The first-order chi connectivity index (χ1) is 12.0. The Morgan fingerprint density at radius 1 is 1.26 bits per heavy atom. The van der Waals surface area contributed by atoms with Crippen LogP contribution >= 0.6 is 7.81 Å². The van der Waals surface area contributed by atoms with Crippen LogP contribution in [0.5, 0.6) is 0 Å². The van der Waals surface area contributed by atoms with Gasteiger partial charge in [0.15, 0.2) is 13.1 Å². The van der Waals surface area contributed by atoms with Crippen molar-refractivity contribution in [3.8, 4) is 6.07 Å². The van der Waals surface area contributed by atoms with E-state index in [-0.39, 0.29) is 6.61 Å². The summed E-state index contributed by atoms with van der Waals surface area (Å²) in [6, 6.07) is 1.57. The summed E-state index contributed by atoms with van der Waals surface area (Å²) in [7, 11) is -7.51. The Bertz CT molecular complexity index is 555. The third kappa shape index (κ3) is 29.1. The zero-order valence-corrected chi connectivity index (χ0v) is 15.8. The minimum absolute atomic E-state index is 0.196. The molecule has 0 aliphatic carbocycles. The molecule has 1 aliphatic heterocycles. The Labute approximate surface area is 151 Å². The van der Waals surface area contributed by atoms with Gasteiger partial charge in [-0.2, -0.15) is 5.26 Å². The van der Waals surface area contributed by atoms with E-state index in [1.54, 1.807) is 27.1 Å². The molecule has 0 amide bonds. The molecule has 8 nitrogen and oxygen atoms in total. The Balaban J connectivity index is 0. The van der Waals surface area contributed by atoms with E-state index in [2.05, 4.69) is 21.5 Å². The molecule has 27 heavy (non-hydrogen) atoms. The summed E-state index contributed by atoms with van der Waals surface area (Å²) in [4.78, 5) is 15.5. The molecule has 1 heterocycles. The predicted octanol–water partition coefficient (Wildman–Crippen LogP) is 3.03. The first-order valence-electron chi connectivity index (χ1n) is 7.15. The summed E-state index contributed by atoms with van der Waals surface area (Å²) in [5.74, 6) is -0.785. The maximum absolute atomic E-state index is 10.9. The molecule has 1 fully saturated rings. The van der Waals surface area contributed by atoms with Crippen molar-refractivity contribution in [2.24, 2.45) is 5.16 Å². The van der Waals surface area contributed by atoms with E-state index in [9.17, 15) is 30.0 Å². The Kier molecular flexibility index (Phi) is 10.5.